The summed E-state index contributed by atoms with van der Waals surface area (Å²) in [5.41, 5.74) is 12.1. The maximum Gasteiger partial charge on any atom is 0.246 e. The standard InChI is InChI=1S/C46H61N9O6S/c1-29(31-17-19-32(20-18-31)41-30(2)48-28-62-41)49-44(60)37-25-33(56)27-55(37)45(61)42(46(3,4)5)50-39(58)15-9-7-6-8-10-16-40(59)54-23-21-53(22-24-54)36-26-35(51-52-43(36)47)34-13-11-12-14-38(34)57/h11-14,17-20,26,28-29,33,37,42,56-57H,6-10,15-16,21-25,27H2,1-5H3,(H2,47,52)(H,49,60)(H,50,58)/t29-,33+,37-,42+/m0/s1. The van der Waals surface area contributed by atoms with Crippen LogP contribution in [0, 0.1) is 12.3 Å². The molecule has 0 unspecified atom stereocenters. The number of thiazole rings is 1. The Hall–Kier alpha value is -5.61. The first-order valence-electron chi connectivity index (χ1n) is 21.6. The molecule has 4 heterocycles. The van der Waals surface area contributed by atoms with E-state index in [2.05, 4.69) is 30.7 Å². The SMILES string of the molecule is Cc1ncsc1-c1ccc([C@H](C)NC(=O)[C@@H]2C[C@@H](O)CN2C(=O)[C@@H](NC(=O)CCCCCCCC(=O)N2CCN(c3cc(-c4ccccc4O)nnc3N)CC2)C(C)(C)C)cc1. The number of β-amino-alcohol motifs (C(OH)–C–C–N with tert-alkyl or cyclic N) is 1. The lowest BCUT2D eigenvalue weighted by Gasteiger charge is -2.36. The van der Waals surface area contributed by atoms with Crippen molar-refractivity contribution in [3.8, 4) is 27.4 Å². The molecule has 4 aromatic rings. The van der Waals surface area contributed by atoms with Crippen LogP contribution in [0.3, 0.4) is 0 Å². The molecule has 4 atom stereocenters. The summed E-state index contributed by atoms with van der Waals surface area (Å²) < 4.78 is 0. The van der Waals surface area contributed by atoms with Crippen molar-refractivity contribution >= 4 is 46.5 Å². The summed E-state index contributed by atoms with van der Waals surface area (Å²) in [5.74, 6) is -0.445. The summed E-state index contributed by atoms with van der Waals surface area (Å²) in [5, 5.41) is 35.2. The predicted molar refractivity (Wildman–Crippen MR) is 241 cm³/mol. The predicted octanol–water partition coefficient (Wildman–Crippen LogP) is 5.61. The second kappa shape index (κ2) is 20.5. The molecule has 0 bridgehead atoms. The Morgan fingerprint density at radius 1 is 0.919 bits per heavy atom. The quantitative estimate of drug-likeness (QED) is 0.0875. The van der Waals surface area contributed by atoms with E-state index in [1.807, 2.05) is 81.4 Å². The van der Waals surface area contributed by atoms with Gasteiger partial charge in [0.25, 0.3) is 0 Å². The van der Waals surface area contributed by atoms with E-state index in [4.69, 9.17) is 5.73 Å². The number of nitrogen functional groups attached to an aromatic ring is 1. The van der Waals surface area contributed by atoms with E-state index < -0.39 is 23.6 Å². The van der Waals surface area contributed by atoms with E-state index in [-0.39, 0.29) is 54.8 Å². The van der Waals surface area contributed by atoms with Crippen LogP contribution in [-0.4, -0.2) is 110 Å². The number of nitrogens with two attached hydrogens (primary N) is 1. The van der Waals surface area contributed by atoms with Crippen LogP contribution in [0.4, 0.5) is 11.5 Å². The molecule has 2 aliphatic heterocycles. The minimum atomic E-state index is -0.886. The molecule has 332 valence electrons. The summed E-state index contributed by atoms with van der Waals surface area (Å²) in [6.45, 7) is 11.8. The highest BCUT2D eigenvalue weighted by atomic mass is 32.1. The van der Waals surface area contributed by atoms with Crippen molar-refractivity contribution < 1.29 is 29.4 Å². The van der Waals surface area contributed by atoms with Crippen LogP contribution in [0.1, 0.15) is 96.4 Å². The number of unbranched alkanes of at least 4 members (excludes halogenated alkanes) is 4. The second-order valence-electron chi connectivity index (χ2n) is 17.5. The smallest absolute Gasteiger partial charge is 0.246 e. The van der Waals surface area contributed by atoms with Crippen LogP contribution in [0.25, 0.3) is 21.7 Å². The Labute approximate surface area is 368 Å². The molecule has 2 fully saturated rings. The lowest BCUT2D eigenvalue weighted by Crippen LogP contribution is -2.57. The van der Waals surface area contributed by atoms with Gasteiger partial charge in [0.05, 0.1) is 39.6 Å². The molecular formula is C46H61N9O6S. The first-order chi connectivity index (χ1) is 29.6. The molecule has 16 heteroatoms. The summed E-state index contributed by atoms with van der Waals surface area (Å²) in [4.78, 5) is 64.8. The Bertz CT molecular complexity index is 2180. The molecule has 6 N–H and O–H groups in total. The number of hydrogen-bond donors (Lipinski definition) is 5. The first kappa shape index (κ1) is 45.9. The van der Waals surface area contributed by atoms with Crippen LogP contribution in [0.15, 0.2) is 60.1 Å². The Kier molecular flexibility index (Phi) is 15.2. The van der Waals surface area contributed by atoms with E-state index in [1.165, 1.54) is 4.90 Å². The molecule has 62 heavy (non-hydrogen) atoms. The Morgan fingerprint density at radius 2 is 1.60 bits per heavy atom. The highest BCUT2D eigenvalue weighted by molar-refractivity contribution is 7.13. The van der Waals surface area contributed by atoms with Crippen LogP contribution in [0.5, 0.6) is 5.75 Å². The highest BCUT2D eigenvalue weighted by Gasteiger charge is 2.44. The minimum Gasteiger partial charge on any atom is -0.507 e. The van der Waals surface area contributed by atoms with Crippen molar-refractivity contribution in [3.63, 3.8) is 0 Å². The molecular weight excluding hydrogens is 807 g/mol. The van der Waals surface area contributed by atoms with Gasteiger partial charge in [0, 0.05) is 57.5 Å². The lowest BCUT2D eigenvalue weighted by molar-refractivity contribution is -0.144. The number of aliphatic hydroxyl groups is 1. The molecule has 4 amide bonds. The van der Waals surface area contributed by atoms with E-state index in [0.717, 1.165) is 53.1 Å². The summed E-state index contributed by atoms with van der Waals surface area (Å²) in [6.07, 6.45) is 3.91. The number of hydrogen-bond acceptors (Lipinski definition) is 12. The van der Waals surface area contributed by atoms with Gasteiger partial charge in [-0.05, 0) is 61.4 Å². The maximum absolute atomic E-state index is 14.1. The van der Waals surface area contributed by atoms with Gasteiger partial charge in [0.15, 0.2) is 5.82 Å². The number of likely N-dealkylation sites (tertiary alicyclic amines) is 1. The average molecular weight is 868 g/mol. The van der Waals surface area contributed by atoms with Gasteiger partial charge in [0.2, 0.25) is 23.6 Å². The summed E-state index contributed by atoms with van der Waals surface area (Å²) in [6, 6.07) is 14.6. The number of aryl methyl sites for hydroxylation is 1. The number of phenols is 1. The molecule has 6 rings (SSSR count). The number of nitrogens with one attached hydrogen (secondary N) is 2. The van der Waals surface area contributed by atoms with E-state index >= 15 is 0 Å². The zero-order valence-corrected chi connectivity index (χ0v) is 37.3. The number of aromatic nitrogens is 3. The Morgan fingerprint density at radius 3 is 2.26 bits per heavy atom. The molecule has 2 saturated heterocycles. The number of aromatic hydroxyl groups is 1. The molecule has 2 aromatic heterocycles. The third-order valence-corrected chi connectivity index (χ3v) is 12.8. The third-order valence-electron chi connectivity index (χ3n) is 11.8. The number of carbonyl (C=O) groups is 4. The molecule has 15 nitrogen and oxygen atoms in total. The number of anilines is 2. The van der Waals surface area contributed by atoms with Crippen LogP contribution in [-0.2, 0) is 19.2 Å². The van der Waals surface area contributed by atoms with Crippen molar-refractivity contribution in [3.05, 3.63) is 71.4 Å². The minimum absolute atomic E-state index is 0.0104. The molecule has 0 aliphatic carbocycles. The molecule has 0 saturated carbocycles. The van der Waals surface area contributed by atoms with Crippen molar-refractivity contribution in [2.75, 3.05) is 43.4 Å². The fourth-order valence-electron chi connectivity index (χ4n) is 8.16. The number of piperazine rings is 1. The zero-order valence-electron chi connectivity index (χ0n) is 36.5. The number of phenolic OH excluding ortho intramolecular Hbond substituents is 1. The molecule has 0 radical (unpaired) electrons. The van der Waals surface area contributed by atoms with E-state index in [1.54, 1.807) is 29.5 Å². The van der Waals surface area contributed by atoms with Gasteiger partial charge in [-0.3, -0.25) is 19.2 Å². The molecule has 2 aromatic carbocycles. The number of nitrogens with zero attached hydrogens (tertiary/aromatic N) is 6. The van der Waals surface area contributed by atoms with Gasteiger partial charge in [-0.1, -0.05) is 76.4 Å². The number of para-hydroxylation sites is 1. The largest absolute Gasteiger partial charge is 0.507 e. The van der Waals surface area contributed by atoms with Crippen molar-refractivity contribution in [1.29, 1.82) is 0 Å². The summed E-state index contributed by atoms with van der Waals surface area (Å²) >= 11 is 1.58. The van der Waals surface area contributed by atoms with Gasteiger partial charge >= 0.3 is 0 Å². The van der Waals surface area contributed by atoms with Gasteiger partial charge in [0.1, 0.15) is 17.8 Å². The lowest BCUT2D eigenvalue weighted by atomic mass is 9.85. The van der Waals surface area contributed by atoms with E-state index in [0.29, 0.717) is 56.1 Å². The highest BCUT2D eigenvalue weighted by Crippen LogP contribution is 2.33. The number of amides is 4. The molecule has 2 aliphatic rings. The topological polar surface area (TPSA) is 207 Å². The summed E-state index contributed by atoms with van der Waals surface area (Å²) in [7, 11) is 0. The van der Waals surface area contributed by atoms with Crippen LogP contribution >= 0.6 is 11.3 Å². The monoisotopic (exact) mass is 867 g/mol. The number of benzene rings is 2. The first-order valence-corrected chi connectivity index (χ1v) is 22.5. The van der Waals surface area contributed by atoms with Gasteiger partial charge in [-0.15, -0.1) is 21.5 Å². The van der Waals surface area contributed by atoms with Gasteiger partial charge in [-0.25, -0.2) is 4.98 Å². The average Bonchev–Trinajstić information content (AvgIpc) is 3.87. The normalized spacial score (nSPS) is 17.7. The maximum atomic E-state index is 14.1. The fraction of sp³-hybridized carbons (Fsp3) is 0.500. The van der Waals surface area contributed by atoms with Crippen molar-refractivity contribution in [1.82, 2.24) is 35.6 Å². The zero-order chi connectivity index (χ0) is 44.6. The third kappa shape index (κ3) is 11.4. The van der Waals surface area contributed by atoms with Gasteiger partial charge in [-0.2, -0.15) is 0 Å². The number of rotatable bonds is 16. The second-order valence-corrected chi connectivity index (χ2v) is 18.4. The van der Waals surface area contributed by atoms with E-state index in [9.17, 15) is 29.4 Å². The fourth-order valence-corrected chi connectivity index (χ4v) is 8.97. The van der Waals surface area contributed by atoms with Gasteiger partial charge < -0.3 is 41.3 Å². The van der Waals surface area contributed by atoms with Crippen LogP contribution < -0.4 is 21.3 Å². The number of carbonyl (C=O) groups excluding carboxylic acids is 4. The Balaban J connectivity index is 0.902. The molecule has 0 spiro atoms. The van der Waals surface area contributed by atoms with Crippen molar-refractivity contribution in [2.45, 2.75) is 110 Å². The van der Waals surface area contributed by atoms with Crippen LogP contribution in [0.2, 0.25) is 0 Å². The number of aliphatic hydroxyl groups excluding tert-OH is 1. The van der Waals surface area contributed by atoms with Crippen molar-refractivity contribution in [2.24, 2.45) is 5.41 Å².